The van der Waals surface area contributed by atoms with Gasteiger partial charge in [0, 0.05) is 10.8 Å². The van der Waals surface area contributed by atoms with Crippen LogP contribution in [-0.2, 0) is 9.47 Å². The monoisotopic (exact) mass is 298 g/mol. The summed E-state index contributed by atoms with van der Waals surface area (Å²) in [6, 6.07) is 0. The van der Waals surface area contributed by atoms with Gasteiger partial charge in [-0.05, 0) is 18.9 Å². The van der Waals surface area contributed by atoms with Gasteiger partial charge in [0.15, 0.2) is 0 Å². The van der Waals surface area contributed by atoms with E-state index in [2.05, 4.69) is 0 Å². The third kappa shape index (κ3) is 1.27. The first kappa shape index (κ1) is 14.1. The molecule has 4 N–H and O–H groups in total. The van der Waals surface area contributed by atoms with Crippen LogP contribution in [0.15, 0.2) is 11.6 Å². The molecule has 0 aromatic rings. The van der Waals surface area contributed by atoms with Gasteiger partial charge in [-0.3, -0.25) is 0 Å². The fourth-order valence-corrected chi connectivity index (χ4v) is 5.06. The molecule has 1 spiro atoms. The van der Waals surface area contributed by atoms with Crippen LogP contribution in [0.2, 0.25) is 0 Å². The van der Waals surface area contributed by atoms with Crippen LogP contribution in [0, 0.1) is 10.8 Å². The summed E-state index contributed by atoms with van der Waals surface area (Å²) < 4.78 is 11.7. The number of hydrogen-bond acceptors (Lipinski definition) is 6. The highest BCUT2D eigenvalue weighted by Gasteiger charge is 2.84. The number of aliphatic hydroxyl groups excluding tert-OH is 4. The highest BCUT2D eigenvalue weighted by molar-refractivity contribution is 5.35. The van der Waals surface area contributed by atoms with Crippen molar-refractivity contribution in [2.45, 2.75) is 56.4 Å². The van der Waals surface area contributed by atoms with Crippen molar-refractivity contribution in [2.24, 2.45) is 10.8 Å². The average Bonchev–Trinajstić information content (AvgIpc) is 3.24. The molecule has 2 aliphatic carbocycles. The predicted octanol–water partition coefficient (Wildman–Crippen LogP) is -1.05. The molecule has 0 aromatic carbocycles. The largest absolute Gasteiger partial charge is 0.396 e. The van der Waals surface area contributed by atoms with E-state index >= 15 is 0 Å². The van der Waals surface area contributed by atoms with Crippen molar-refractivity contribution >= 4 is 0 Å². The number of epoxide rings is 1. The van der Waals surface area contributed by atoms with Crippen molar-refractivity contribution in [1.82, 2.24) is 0 Å². The van der Waals surface area contributed by atoms with E-state index in [1.165, 1.54) is 0 Å². The molecular formula is C15H22O6. The van der Waals surface area contributed by atoms with E-state index in [9.17, 15) is 20.4 Å². The average molecular weight is 298 g/mol. The van der Waals surface area contributed by atoms with E-state index in [0.29, 0.717) is 6.61 Å². The quantitative estimate of drug-likeness (QED) is 0.364. The van der Waals surface area contributed by atoms with Crippen LogP contribution < -0.4 is 0 Å². The van der Waals surface area contributed by atoms with Crippen LogP contribution in [-0.4, -0.2) is 69.8 Å². The minimum absolute atomic E-state index is 0.239. The molecule has 1 saturated carbocycles. The second-order valence-electron chi connectivity index (χ2n) is 7.24. The molecule has 6 heteroatoms. The summed E-state index contributed by atoms with van der Waals surface area (Å²) in [6.07, 6.45) is -1.72. The zero-order valence-corrected chi connectivity index (χ0v) is 12.2. The van der Waals surface area contributed by atoms with E-state index < -0.39 is 47.0 Å². The SMILES string of the molecule is CC1=C[C@H]2O[C@H]3[C@H](O)[C@@H](O)[C@@](C)(C34CO4)[C@@]2(CO)C[C@@H]1O. The Morgan fingerprint density at radius 3 is 2.57 bits per heavy atom. The summed E-state index contributed by atoms with van der Waals surface area (Å²) in [7, 11) is 0. The van der Waals surface area contributed by atoms with Gasteiger partial charge in [-0.15, -0.1) is 0 Å². The first-order valence-corrected chi connectivity index (χ1v) is 7.47. The molecule has 1 unspecified atom stereocenters. The van der Waals surface area contributed by atoms with Gasteiger partial charge in [-0.1, -0.05) is 13.0 Å². The third-order valence-electron chi connectivity index (χ3n) is 6.67. The molecule has 8 atom stereocenters. The Kier molecular flexibility index (Phi) is 2.60. The molecule has 0 amide bonds. The molecule has 4 aliphatic rings. The van der Waals surface area contributed by atoms with E-state index in [0.717, 1.165) is 5.57 Å². The smallest absolute Gasteiger partial charge is 0.129 e. The van der Waals surface area contributed by atoms with Gasteiger partial charge >= 0.3 is 0 Å². The Morgan fingerprint density at radius 1 is 1.33 bits per heavy atom. The first-order valence-electron chi connectivity index (χ1n) is 7.47. The molecule has 2 bridgehead atoms. The summed E-state index contributed by atoms with van der Waals surface area (Å²) >= 11 is 0. The molecule has 21 heavy (non-hydrogen) atoms. The lowest BCUT2D eigenvalue weighted by atomic mass is 9.51. The normalized spacial score (nSPS) is 61.6. The lowest BCUT2D eigenvalue weighted by Gasteiger charge is -2.58. The van der Waals surface area contributed by atoms with Gasteiger partial charge < -0.3 is 29.9 Å². The Hall–Kier alpha value is -0.500. The second-order valence-corrected chi connectivity index (χ2v) is 7.24. The zero-order valence-electron chi connectivity index (χ0n) is 12.2. The summed E-state index contributed by atoms with van der Waals surface area (Å²) in [6.45, 7) is 3.83. The number of fused-ring (bicyclic) bond motifs is 2. The first-order chi connectivity index (χ1) is 9.84. The van der Waals surface area contributed by atoms with E-state index in [-0.39, 0.29) is 13.0 Å². The lowest BCUT2D eigenvalue weighted by Crippen LogP contribution is -2.67. The van der Waals surface area contributed by atoms with Crippen LogP contribution in [0.4, 0.5) is 0 Å². The Bertz CT molecular complexity index is 514. The van der Waals surface area contributed by atoms with Crippen LogP contribution in [0.25, 0.3) is 0 Å². The van der Waals surface area contributed by atoms with Gasteiger partial charge in [-0.2, -0.15) is 0 Å². The molecule has 3 fully saturated rings. The van der Waals surface area contributed by atoms with Gasteiger partial charge in [0.05, 0.1) is 31.5 Å². The molecule has 0 aromatic heterocycles. The van der Waals surface area contributed by atoms with Crippen molar-refractivity contribution in [3.8, 4) is 0 Å². The summed E-state index contributed by atoms with van der Waals surface area (Å²) in [5, 5.41) is 41.5. The molecule has 4 rings (SSSR count). The number of rotatable bonds is 1. The second kappa shape index (κ2) is 3.88. The zero-order chi connectivity index (χ0) is 15.2. The van der Waals surface area contributed by atoms with Crippen molar-refractivity contribution in [3.05, 3.63) is 11.6 Å². The standard InChI is InChI=1S/C15H22O6/c1-7-3-9-14(5-16,4-8(7)17)13(2)11(19)10(18)12(21-9)15(13)6-20-15/h3,8-12,16-19H,4-6H2,1-2H3/t8-,9+,10+,11+,12-,13+,14+,15?/m0/s1. The van der Waals surface area contributed by atoms with Gasteiger partial charge in [0.2, 0.25) is 0 Å². The van der Waals surface area contributed by atoms with Gasteiger partial charge in [0.1, 0.15) is 17.8 Å². The van der Waals surface area contributed by atoms with E-state index in [4.69, 9.17) is 9.47 Å². The minimum atomic E-state index is -1.05. The van der Waals surface area contributed by atoms with Crippen molar-refractivity contribution < 1.29 is 29.9 Å². The fraction of sp³-hybridized carbons (Fsp3) is 0.867. The topological polar surface area (TPSA) is 103 Å². The maximum Gasteiger partial charge on any atom is 0.129 e. The van der Waals surface area contributed by atoms with Crippen LogP contribution in [0.1, 0.15) is 20.3 Å². The summed E-state index contributed by atoms with van der Waals surface area (Å²) in [4.78, 5) is 0. The highest BCUT2D eigenvalue weighted by atomic mass is 16.6. The molecule has 6 nitrogen and oxygen atoms in total. The highest BCUT2D eigenvalue weighted by Crippen LogP contribution is 2.71. The van der Waals surface area contributed by atoms with Gasteiger partial charge in [0.25, 0.3) is 0 Å². The van der Waals surface area contributed by atoms with Crippen LogP contribution in [0.3, 0.4) is 0 Å². The molecular weight excluding hydrogens is 276 g/mol. The van der Waals surface area contributed by atoms with Crippen molar-refractivity contribution in [2.75, 3.05) is 13.2 Å². The number of aliphatic hydroxyl groups is 4. The Morgan fingerprint density at radius 2 is 2.00 bits per heavy atom. The number of ether oxygens (including phenoxy) is 2. The van der Waals surface area contributed by atoms with Crippen LogP contribution >= 0.6 is 0 Å². The number of hydrogen-bond donors (Lipinski definition) is 4. The van der Waals surface area contributed by atoms with E-state index in [1.54, 1.807) is 0 Å². The van der Waals surface area contributed by atoms with Crippen molar-refractivity contribution in [3.63, 3.8) is 0 Å². The molecule has 2 heterocycles. The summed E-state index contributed by atoms with van der Waals surface area (Å²) in [5.41, 5.74) is -1.69. The molecule has 2 aliphatic heterocycles. The Labute approximate surface area is 123 Å². The maximum absolute atomic E-state index is 10.7. The molecule has 0 radical (unpaired) electrons. The fourth-order valence-electron chi connectivity index (χ4n) is 5.06. The third-order valence-corrected chi connectivity index (χ3v) is 6.67. The maximum atomic E-state index is 10.7. The summed E-state index contributed by atoms with van der Waals surface area (Å²) in [5.74, 6) is 0. The van der Waals surface area contributed by atoms with Gasteiger partial charge in [-0.25, -0.2) is 0 Å². The minimum Gasteiger partial charge on any atom is -0.396 e. The van der Waals surface area contributed by atoms with Crippen LogP contribution in [0.5, 0.6) is 0 Å². The lowest BCUT2D eigenvalue weighted by molar-refractivity contribution is -0.233. The predicted molar refractivity (Wildman–Crippen MR) is 71.4 cm³/mol. The molecule has 2 saturated heterocycles. The van der Waals surface area contributed by atoms with Crippen molar-refractivity contribution in [1.29, 1.82) is 0 Å². The Balaban J connectivity index is 1.92. The van der Waals surface area contributed by atoms with E-state index in [1.807, 2.05) is 19.9 Å². The molecule has 118 valence electrons.